The summed E-state index contributed by atoms with van der Waals surface area (Å²) in [5.74, 6) is 0.458. The standard InChI is InChI=1S/C32H37FN8O4/c33-27-19-41(30(43)20-42)10-7-29(27)45-28-6-1-22(17-23(28)18-34)31-35-21-36-32(38-31)37-24-2-4-25(5-3-24)39-11-13-40(14-12-39)26-8-15-44-16-9-26/h1-6,17,21,26-27,29,42H,7-16,19-20H2,(H,35,36,37,38). The third-order valence-corrected chi connectivity index (χ3v) is 8.69. The number of aliphatic hydroxyl groups excluding tert-OH is 1. The van der Waals surface area contributed by atoms with E-state index in [0.717, 1.165) is 57.9 Å². The minimum Gasteiger partial charge on any atom is -0.486 e. The molecule has 6 rings (SSSR count). The van der Waals surface area contributed by atoms with Crippen molar-refractivity contribution in [3.8, 4) is 23.2 Å². The number of hydrogen-bond acceptors (Lipinski definition) is 11. The fourth-order valence-electron chi connectivity index (χ4n) is 6.14. The number of aromatic nitrogens is 3. The number of benzene rings is 2. The summed E-state index contributed by atoms with van der Waals surface area (Å²) < 4.78 is 26.1. The number of carbonyl (C=O) groups is 1. The zero-order valence-corrected chi connectivity index (χ0v) is 25.0. The predicted octanol–water partition coefficient (Wildman–Crippen LogP) is 2.76. The first kappa shape index (κ1) is 30.6. The Balaban J connectivity index is 1.06. The van der Waals surface area contributed by atoms with E-state index < -0.39 is 24.8 Å². The first-order valence-electron chi connectivity index (χ1n) is 15.4. The summed E-state index contributed by atoms with van der Waals surface area (Å²) in [6, 6.07) is 15.9. The van der Waals surface area contributed by atoms with Crippen LogP contribution in [0.15, 0.2) is 48.8 Å². The van der Waals surface area contributed by atoms with Crippen LogP contribution in [-0.2, 0) is 9.53 Å². The maximum absolute atomic E-state index is 14.8. The van der Waals surface area contributed by atoms with Gasteiger partial charge in [-0.25, -0.2) is 14.4 Å². The number of alkyl halides is 1. The van der Waals surface area contributed by atoms with Gasteiger partial charge in [-0.3, -0.25) is 9.69 Å². The Kier molecular flexibility index (Phi) is 9.63. The molecule has 3 aromatic rings. The number of nitrogens with zero attached hydrogens (tertiary/aromatic N) is 7. The molecule has 4 heterocycles. The number of likely N-dealkylation sites (tertiary alicyclic amines) is 1. The van der Waals surface area contributed by atoms with Crippen molar-refractivity contribution in [2.24, 2.45) is 0 Å². The molecule has 3 aliphatic rings. The maximum atomic E-state index is 14.8. The number of nitriles is 1. The summed E-state index contributed by atoms with van der Waals surface area (Å²) in [4.78, 5) is 31.1. The van der Waals surface area contributed by atoms with Gasteiger partial charge in [-0.05, 0) is 55.3 Å². The van der Waals surface area contributed by atoms with Gasteiger partial charge in [0.25, 0.3) is 0 Å². The molecule has 3 aliphatic heterocycles. The highest BCUT2D eigenvalue weighted by Crippen LogP contribution is 2.29. The number of rotatable bonds is 8. The van der Waals surface area contributed by atoms with Crippen LogP contribution >= 0.6 is 0 Å². The number of halogens is 1. The second kappa shape index (κ2) is 14.2. The lowest BCUT2D eigenvalue weighted by Crippen LogP contribution is -2.51. The fraction of sp³-hybridized carbons (Fsp3) is 0.469. The van der Waals surface area contributed by atoms with Crippen molar-refractivity contribution < 1.29 is 23.8 Å². The number of carbonyl (C=O) groups excluding carboxylic acids is 1. The number of aliphatic hydroxyl groups is 1. The van der Waals surface area contributed by atoms with E-state index in [1.807, 2.05) is 12.1 Å². The lowest BCUT2D eigenvalue weighted by molar-refractivity contribution is -0.138. The van der Waals surface area contributed by atoms with Crippen LogP contribution in [0.5, 0.6) is 5.75 Å². The highest BCUT2D eigenvalue weighted by atomic mass is 19.1. The van der Waals surface area contributed by atoms with Crippen molar-refractivity contribution in [2.45, 2.75) is 37.6 Å². The van der Waals surface area contributed by atoms with Crippen LogP contribution in [0.1, 0.15) is 24.8 Å². The van der Waals surface area contributed by atoms with Crippen LogP contribution < -0.4 is 15.0 Å². The summed E-state index contributed by atoms with van der Waals surface area (Å²) in [6.07, 6.45) is 1.64. The van der Waals surface area contributed by atoms with Crippen LogP contribution in [0.25, 0.3) is 11.4 Å². The number of piperazine rings is 1. The molecule has 13 heteroatoms. The molecular weight excluding hydrogens is 579 g/mol. The molecule has 45 heavy (non-hydrogen) atoms. The van der Waals surface area contributed by atoms with Crippen LogP contribution in [0.4, 0.5) is 21.7 Å². The van der Waals surface area contributed by atoms with E-state index >= 15 is 0 Å². The van der Waals surface area contributed by atoms with Crippen LogP contribution in [0.3, 0.4) is 0 Å². The Bertz CT molecular complexity index is 1510. The number of nitrogens with one attached hydrogen (secondary N) is 1. The molecule has 1 aromatic heterocycles. The van der Waals surface area contributed by atoms with Crippen molar-refractivity contribution in [1.29, 1.82) is 5.26 Å². The first-order valence-corrected chi connectivity index (χ1v) is 15.4. The molecule has 0 spiro atoms. The fourth-order valence-corrected chi connectivity index (χ4v) is 6.14. The Morgan fingerprint density at radius 1 is 1.07 bits per heavy atom. The molecule has 0 radical (unpaired) electrons. The van der Waals surface area contributed by atoms with Crippen molar-refractivity contribution in [2.75, 3.05) is 69.3 Å². The third-order valence-electron chi connectivity index (χ3n) is 8.69. The minimum absolute atomic E-state index is 0.165. The molecule has 2 N–H and O–H groups in total. The van der Waals surface area contributed by atoms with Crippen molar-refractivity contribution >= 4 is 23.2 Å². The summed E-state index contributed by atoms with van der Waals surface area (Å²) in [5, 5.41) is 22.1. The van der Waals surface area contributed by atoms with Crippen LogP contribution in [0.2, 0.25) is 0 Å². The quantitative estimate of drug-likeness (QED) is 0.386. The van der Waals surface area contributed by atoms with Gasteiger partial charge in [0.1, 0.15) is 30.9 Å². The van der Waals surface area contributed by atoms with E-state index in [-0.39, 0.29) is 30.8 Å². The topological polar surface area (TPSA) is 140 Å². The van der Waals surface area contributed by atoms with Gasteiger partial charge >= 0.3 is 0 Å². The average molecular weight is 617 g/mol. The lowest BCUT2D eigenvalue weighted by atomic mass is 10.0. The van der Waals surface area contributed by atoms with Gasteiger partial charge in [0.15, 0.2) is 12.0 Å². The molecule has 3 fully saturated rings. The van der Waals surface area contributed by atoms with E-state index in [2.05, 4.69) is 48.3 Å². The zero-order valence-electron chi connectivity index (χ0n) is 25.0. The number of amides is 1. The van der Waals surface area contributed by atoms with Crippen molar-refractivity contribution in [3.63, 3.8) is 0 Å². The second-order valence-electron chi connectivity index (χ2n) is 11.5. The number of anilines is 3. The largest absolute Gasteiger partial charge is 0.486 e. The smallest absolute Gasteiger partial charge is 0.248 e. The molecule has 2 atom stereocenters. The van der Waals surface area contributed by atoms with Gasteiger partial charge in [-0.1, -0.05) is 0 Å². The molecule has 1 amide bonds. The Hall–Kier alpha value is -4.38. The van der Waals surface area contributed by atoms with Crippen LogP contribution in [-0.4, -0.2) is 113 Å². The van der Waals surface area contributed by atoms with Gasteiger partial charge in [-0.15, -0.1) is 0 Å². The van der Waals surface area contributed by atoms with Gasteiger partial charge in [0.05, 0.1) is 12.1 Å². The first-order chi connectivity index (χ1) is 22.0. The Morgan fingerprint density at radius 3 is 2.56 bits per heavy atom. The zero-order chi connectivity index (χ0) is 31.2. The van der Waals surface area contributed by atoms with E-state index in [9.17, 15) is 14.4 Å². The highest BCUT2D eigenvalue weighted by molar-refractivity contribution is 5.77. The Morgan fingerprint density at radius 2 is 1.84 bits per heavy atom. The Labute approximate surface area is 261 Å². The van der Waals surface area contributed by atoms with Crippen molar-refractivity contribution in [3.05, 3.63) is 54.4 Å². The molecule has 0 aliphatic carbocycles. The summed E-state index contributed by atoms with van der Waals surface area (Å²) in [7, 11) is 0. The van der Waals surface area contributed by atoms with E-state index in [4.69, 9.17) is 14.6 Å². The normalized spacial score (nSPS) is 21.3. The number of ether oxygens (including phenoxy) is 2. The summed E-state index contributed by atoms with van der Waals surface area (Å²) in [5.41, 5.74) is 2.82. The molecule has 2 unspecified atom stereocenters. The molecule has 3 saturated heterocycles. The number of piperidine rings is 1. The third kappa shape index (κ3) is 7.30. The van der Waals surface area contributed by atoms with Crippen LogP contribution in [0, 0.1) is 11.3 Å². The molecule has 12 nitrogen and oxygen atoms in total. The maximum Gasteiger partial charge on any atom is 0.248 e. The summed E-state index contributed by atoms with van der Waals surface area (Å²) >= 11 is 0. The second-order valence-corrected chi connectivity index (χ2v) is 11.5. The van der Waals surface area contributed by atoms with Gasteiger partial charge in [0, 0.05) is 75.3 Å². The predicted molar refractivity (Wildman–Crippen MR) is 165 cm³/mol. The lowest BCUT2D eigenvalue weighted by Gasteiger charge is -2.41. The molecular formula is C32H37FN8O4. The molecule has 2 aromatic carbocycles. The molecule has 0 saturated carbocycles. The summed E-state index contributed by atoms with van der Waals surface area (Å²) in [6.45, 7) is 5.28. The van der Waals surface area contributed by atoms with Gasteiger partial charge in [-0.2, -0.15) is 10.2 Å². The van der Waals surface area contributed by atoms with E-state index in [0.29, 0.717) is 23.4 Å². The number of hydrogen-bond donors (Lipinski definition) is 2. The minimum atomic E-state index is -1.45. The van der Waals surface area contributed by atoms with Gasteiger partial charge in [0.2, 0.25) is 11.9 Å². The SMILES string of the molecule is N#Cc1cc(-c2ncnc(Nc3ccc(N4CCN(C5CCOCC5)CC4)cc3)n2)ccc1OC1CCN(C(=O)CO)CC1F. The molecule has 236 valence electrons. The van der Waals surface area contributed by atoms with Crippen molar-refractivity contribution in [1.82, 2.24) is 24.8 Å². The van der Waals surface area contributed by atoms with Gasteiger partial charge < -0.3 is 29.7 Å². The molecule has 0 bridgehead atoms. The average Bonchev–Trinajstić information content (AvgIpc) is 3.10. The van der Waals surface area contributed by atoms with E-state index in [1.54, 1.807) is 18.2 Å². The van der Waals surface area contributed by atoms with E-state index in [1.165, 1.54) is 16.9 Å². The monoisotopic (exact) mass is 616 g/mol. The highest BCUT2D eigenvalue weighted by Gasteiger charge is 2.33.